The van der Waals surface area contributed by atoms with Gasteiger partial charge in [0.1, 0.15) is 0 Å². The second-order valence-electron chi connectivity index (χ2n) is 7.74. The van der Waals surface area contributed by atoms with Crippen LogP contribution in [0.3, 0.4) is 0 Å². The van der Waals surface area contributed by atoms with E-state index in [1.165, 1.54) is 51.6 Å². The van der Waals surface area contributed by atoms with Gasteiger partial charge in [-0.3, -0.25) is 0 Å². The smallest absolute Gasteiger partial charge is 0.00964 e. The van der Waals surface area contributed by atoms with E-state index in [4.69, 9.17) is 0 Å². The van der Waals surface area contributed by atoms with Crippen molar-refractivity contribution in [3.8, 4) is 0 Å². The lowest BCUT2D eigenvalue weighted by Crippen LogP contribution is -2.50. The van der Waals surface area contributed by atoms with Gasteiger partial charge in [-0.05, 0) is 68.4 Å². The van der Waals surface area contributed by atoms with E-state index in [1.807, 2.05) is 0 Å². The van der Waals surface area contributed by atoms with Crippen LogP contribution in [0.15, 0.2) is 0 Å². The summed E-state index contributed by atoms with van der Waals surface area (Å²) in [4.78, 5) is 2.76. The Labute approximate surface area is 101 Å². The number of nitrogens with zero attached hydrogens (tertiary/aromatic N) is 1. The Morgan fingerprint density at radius 1 is 1.00 bits per heavy atom. The maximum atomic E-state index is 2.76. The Bertz CT molecular complexity index is 256. The Kier molecular flexibility index (Phi) is 2.41. The molecule has 1 heteroatoms. The highest BCUT2D eigenvalue weighted by Gasteiger charge is 2.50. The standard InChI is InChI=1S/C15H27N/c1-14(2,3)12-10-15(11-12)6-8-16(9-7-15)13-4-5-13/h12-13H,4-11H2,1-3H3. The van der Waals surface area contributed by atoms with Gasteiger partial charge in [-0.1, -0.05) is 20.8 Å². The number of hydrogen-bond donors (Lipinski definition) is 0. The normalized spacial score (nSPS) is 31.7. The van der Waals surface area contributed by atoms with Crippen molar-refractivity contribution in [2.45, 2.75) is 65.3 Å². The van der Waals surface area contributed by atoms with Crippen LogP contribution in [0.2, 0.25) is 0 Å². The summed E-state index contributed by atoms with van der Waals surface area (Å²) in [5, 5.41) is 0. The molecule has 0 radical (unpaired) electrons. The Balaban J connectivity index is 1.51. The third-order valence-corrected chi connectivity index (χ3v) is 5.51. The number of hydrogen-bond acceptors (Lipinski definition) is 1. The molecule has 1 aliphatic heterocycles. The summed E-state index contributed by atoms with van der Waals surface area (Å²) in [5.74, 6) is 1.000. The molecule has 0 unspecified atom stereocenters. The van der Waals surface area contributed by atoms with Gasteiger partial charge in [-0.2, -0.15) is 0 Å². The van der Waals surface area contributed by atoms with Crippen molar-refractivity contribution in [2.75, 3.05) is 13.1 Å². The highest BCUT2D eigenvalue weighted by atomic mass is 15.2. The predicted octanol–water partition coefficient (Wildman–Crippen LogP) is 3.69. The van der Waals surface area contributed by atoms with Crippen molar-refractivity contribution >= 4 is 0 Å². The fraction of sp³-hybridized carbons (Fsp3) is 1.00. The van der Waals surface area contributed by atoms with Gasteiger partial charge < -0.3 is 4.90 Å². The fourth-order valence-electron chi connectivity index (χ4n) is 3.81. The minimum atomic E-state index is 0.554. The molecule has 3 fully saturated rings. The molecule has 1 spiro atoms. The molecule has 1 nitrogen and oxygen atoms in total. The lowest BCUT2D eigenvalue weighted by atomic mass is 9.52. The van der Waals surface area contributed by atoms with E-state index in [9.17, 15) is 0 Å². The van der Waals surface area contributed by atoms with Crippen LogP contribution in [-0.2, 0) is 0 Å². The van der Waals surface area contributed by atoms with Crippen LogP contribution in [0.25, 0.3) is 0 Å². The Morgan fingerprint density at radius 2 is 1.56 bits per heavy atom. The van der Waals surface area contributed by atoms with Crippen molar-refractivity contribution in [2.24, 2.45) is 16.7 Å². The van der Waals surface area contributed by atoms with Crippen molar-refractivity contribution in [3.63, 3.8) is 0 Å². The molecule has 0 bridgehead atoms. The molecule has 2 saturated carbocycles. The summed E-state index contributed by atoms with van der Waals surface area (Å²) in [6, 6.07) is 0.996. The number of piperidine rings is 1. The monoisotopic (exact) mass is 221 g/mol. The van der Waals surface area contributed by atoms with Crippen molar-refractivity contribution in [3.05, 3.63) is 0 Å². The molecule has 0 aromatic heterocycles. The average Bonchev–Trinajstić information content (AvgIpc) is 2.96. The number of rotatable bonds is 1. The highest BCUT2D eigenvalue weighted by Crippen LogP contribution is 2.58. The van der Waals surface area contributed by atoms with Crippen LogP contribution in [0, 0.1) is 16.7 Å². The largest absolute Gasteiger partial charge is 0.300 e. The van der Waals surface area contributed by atoms with E-state index < -0.39 is 0 Å². The minimum absolute atomic E-state index is 0.554. The van der Waals surface area contributed by atoms with E-state index in [0.29, 0.717) is 5.41 Å². The second kappa shape index (κ2) is 3.48. The molecule has 3 aliphatic rings. The first-order chi connectivity index (χ1) is 7.49. The first-order valence-electron chi connectivity index (χ1n) is 7.23. The molecular weight excluding hydrogens is 194 g/mol. The fourth-order valence-corrected chi connectivity index (χ4v) is 3.81. The zero-order chi connectivity index (χ0) is 11.4. The van der Waals surface area contributed by atoms with Gasteiger partial charge in [0.2, 0.25) is 0 Å². The van der Waals surface area contributed by atoms with Crippen LogP contribution < -0.4 is 0 Å². The topological polar surface area (TPSA) is 3.24 Å². The van der Waals surface area contributed by atoms with Gasteiger partial charge in [0.15, 0.2) is 0 Å². The Morgan fingerprint density at radius 3 is 2.00 bits per heavy atom. The molecule has 2 aliphatic carbocycles. The molecule has 92 valence electrons. The first-order valence-corrected chi connectivity index (χ1v) is 7.23. The van der Waals surface area contributed by atoms with E-state index in [0.717, 1.165) is 17.4 Å². The van der Waals surface area contributed by atoms with Crippen LogP contribution in [0.1, 0.15) is 59.3 Å². The first kappa shape index (κ1) is 11.1. The molecule has 16 heavy (non-hydrogen) atoms. The summed E-state index contributed by atoms with van der Waals surface area (Å²) in [5.41, 5.74) is 1.34. The summed E-state index contributed by atoms with van der Waals surface area (Å²) in [6.45, 7) is 10.1. The molecule has 0 atom stereocenters. The molecular formula is C15H27N. The van der Waals surface area contributed by atoms with Crippen LogP contribution >= 0.6 is 0 Å². The van der Waals surface area contributed by atoms with Crippen LogP contribution in [-0.4, -0.2) is 24.0 Å². The van der Waals surface area contributed by atoms with Crippen LogP contribution in [0.5, 0.6) is 0 Å². The lowest BCUT2D eigenvalue weighted by molar-refractivity contribution is -0.0576. The maximum Gasteiger partial charge on any atom is 0.00964 e. The molecule has 1 heterocycles. The Hall–Kier alpha value is -0.0400. The lowest BCUT2D eigenvalue weighted by Gasteiger charge is -2.56. The quantitative estimate of drug-likeness (QED) is 0.653. The summed E-state index contributed by atoms with van der Waals surface area (Å²) in [7, 11) is 0. The highest BCUT2D eigenvalue weighted by molar-refractivity contribution is 5.01. The van der Waals surface area contributed by atoms with E-state index in [2.05, 4.69) is 25.7 Å². The van der Waals surface area contributed by atoms with Gasteiger partial charge in [-0.25, -0.2) is 0 Å². The van der Waals surface area contributed by atoms with E-state index >= 15 is 0 Å². The second-order valence-corrected chi connectivity index (χ2v) is 7.74. The molecule has 0 aromatic carbocycles. The molecule has 0 aromatic rings. The van der Waals surface area contributed by atoms with Crippen molar-refractivity contribution < 1.29 is 0 Å². The zero-order valence-corrected chi connectivity index (χ0v) is 11.3. The maximum absolute atomic E-state index is 2.76. The van der Waals surface area contributed by atoms with Crippen LogP contribution in [0.4, 0.5) is 0 Å². The molecule has 0 amide bonds. The van der Waals surface area contributed by atoms with Gasteiger partial charge in [0.25, 0.3) is 0 Å². The minimum Gasteiger partial charge on any atom is -0.300 e. The van der Waals surface area contributed by atoms with Crippen molar-refractivity contribution in [1.29, 1.82) is 0 Å². The molecule has 0 N–H and O–H groups in total. The molecule has 1 saturated heterocycles. The SMILES string of the molecule is CC(C)(C)C1CC2(CCN(C3CC3)CC2)C1. The summed E-state index contributed by atoms with van der Waals surface area (Å²) < 4.78 is 0. The van der Waals surface area contributed by atoms with Gasteiger partial charge in [-0.15, -0.1) is 0 Å². The average molecular weight is 221 g/mol. The summed E-state index contributed by atoms with van der Waals surface area (Å²) in [6.07, 6.45) is 9.01. The van der Waals surface area contributed by atoms with Gasteiger partial charge in [0.05, 0.1) is 0 Å². The van der Waals surface area contributed by atoms with E-state index in [1.54, 1.807) is 0 Å². The predicted molar refractivity (Wildman–Crippen MR) is 68.4 cm³/mol. The van der Waals surface area contributed by atoms with Gasteiger partial charge in [0, 0.05) is 6.04 Å². The number of likely N-dealkylation sites (tertiary alicyclic amines) is 1. The van der Waals surface area contributed by atoms with Gasteiger partial charge >= 0.3 is 0 Å². The third-order valence-electron chi connectivity index (χ3n) is 5.51. The molecule has 3 rings (SSSR count). The zero-order valence-electron chi connectivity index (χ0n) is 11.3. The van der Waals surface area contributed by atoms with E-state index in [-0.39, 0.29) is 0 Å². The third kappa shape index (κ3) is 1.92. The van der Waals surface area contributed by atoms with Crippen molar-refractivity contribution in [1.82, 2.24) is 4.90 Å². The summed E-state index contributed by atoms with van der Waals surface area (Å²) >= 11 is 0.